The van der Waals surface area contributed by atoms with E-state index in [9.17, 15) is 4.79 Å². The number of fused-ring (bicyclic) bond motifs is 2. The molecular formula is C12H12BrNO2. The molecule has 0 atom stereocenters. The molecule has 1 aromatic heterocycles. The summed E-state index contributed by atoms with van der Waals surface area (Å²) < 4.78 is 6.30. The molecule has 3 nitrogen and oxygen atoms in total. The highest BCUT2D eigenvalue weighted by molar-refractivity contribution is 9.10. The maximum absolute atomic E-state index is 12.2. The molecule has 0 saturated carbocycles. The van der Waals surface area contributed by atoms with Crippen molar-refractivity contribution in [3.05, 3.63) is 28.0 Å². The highest BCUT2D eigenvalue weighted by atomic mass is 79.9. The third-order valence-electron chi connectivity index (χ3n) is 3.62. The van der Waals surface area contributed by atoms with Gasteiger partial charge in [-0.2, -0.15) is 0 Å². The summed E-state index contributed by atoms with van der Waals surface area (Å²) >= 11 is 3.40. The van der Waals surface area contributed by atoms with E-state index in [4.69, 9.17) is 4.74 Å². The van der Waals surface area contributed by atoms with Crippen molar-refractivity contribution in [2.24, 2.45) is 0 Å². The first-order chi connectivity index (χ1) is 7.72. The lowest BCUT2D eigenvalue weighted by molar-refractivity contribution is -0.126. The molecule has 1 aromatic rings. The van der Waals surface area contributed by atoms with Crippen LogP contribution in [0.3, 0.4) is 0 Å². The van der Waals surface area contributed by atoms with Crippen LogP contribution in [0.25, 0.3) is 0 Å². The zero-order valence-corrected chi connectivity index (χ0v) is 10.4. The van der Waals surface area contributed by atoms with E-state index in [1.165, 1.54) is 0 Å². The molecule has 0 bridgehead atoms. The van der Waals surface area contributed by atoms with E-state index in [2.05, 4.69) is 20.9 Å². The second-order valence-electron chi connectivity index (χ2n) is 4.46. The fourth-order valence-electron chi connectivity index (χ4n) is 2.76. The molecule has 84 valence electrons. The Bertz CT molecular complexity index is 452. The van der Waals surface area contributed by atoms with Gasteiger partial charge in [-0.15, -0.1) is 0 Å². The molecule has 0 N–H and O–H groups in total. The summed E-state index contributed by atoms with van der Waals surface area (Å²) in [7, 11) is 0. The van der Waals surface area contributed by atoms with E-state index < -0.39 is 0 Å². The molecule has 3 rings (SSSR count). The van der Waals surface area contributed by atoms with E-state index in [1.807, 2.05) is 6.07 Å². The normalized spacial score (nSPS) is 22.4. The predicted molar refractivity (Wildman–Crippen MR) is 62.4 cm³/mol. The van der Waals surface area contributed by atoms with Gasteiger partial charge in [0.15, 0.2) is 0 Å². The first-order valence-electron chi connectivity index (χ1n) is 5.48. The number of ether oxygens (including phenoxy) is 1. The molecule has 1 saturated heterocycles. The topological polar surface area (TPSA) is 39.2 Å². The molecule has 1 aliphatic carbocycles. The molecule has 0 radical (unpaired) electrons. The summed E-state index contributed by atoms with van der Waals surface area (Å²) in [5, 5.41) is 0. The van der Waals surface area contributed by atoms with Crippen LogP contribution < -0.4 is 0 Å². The monoisotopic (exact) mass is 281 g/mol. The first-order valence-corrected chi connectivity index (χ1v) is 6.28. The smallest absolute Gasteiger partial charge is 0.149 e. The molecule has 0 amide bonds. The quantitative estimate of drug-likeness (QED) is 0.730. The first kappa shape index (κ1) is 10.4. The predicted octanol–water partition coefficient (Wildman–Crippen LogP) is 2.02. The minimum Gasteiger partial charge on any atom is -0.381 e. The minimum atomic E-state index is -0.339. The van der Waals surface area contributed by atoms with Gasteiger partial charge in [0, 0.05) is 30.3 Å². The van der Waals surface area contributed by atoms with Crippen LogP contribution in [0.5, 0.6) is 0 Å². The zero-order valence-electron chi connectivity index (χ0n) is 8.83. The second-order valence-corrected chi connectivity index (χ2v) is 5.37. The molecule has 4 heteroatoms. The fraction of sp³-hybridized carbons (Fsp3) is 0.500. The average molecular weight is 282 g/mol. The van der Waals surface area contributed by atoms with Crippen molar-refractivity contribution in [1.29, 1.82) is 0 Å². The van der Waals surface area contributed by atoms with Crippen LogP contribution in [0, 0.1) is 0 Å². The van der Waals surface area contributed by atoms with Crippen LogP contribution in [0.4, 0.5) is 0 Å². The van der Waals surface area contributed by atoms with Crippen LogP contribution in [0.1, 0.15) is 24.1 Å². The Labute approximate surface area is 102 Å². The van der Waals surface area contributed by atoms with Gasteiger partial charge in [-0.25, -0.2) is 0 Å². The highest BCUT2D eigenvalue weighted by Gasteiger charge is 2.48. The van der Waals surface area contributed by atoms with Gasteiger partial charge in [0.2, 0.25) is 0 Å². The Kier molecular flexibility index (Phi) is 2.37. The van der Waals surface area contributed by atoms with Crippen LogP contribution in [-0.2, 0) is 21.4 Å². The number of halogens is 1. The largest absolute Gasteiger partial charge is 0.381 e. The number of rotatable bonds is 0. The summed E-state index contributed by atoms with van der Waals surface area (Å²) in [6.45, 7) is 1.34. The van der Waals surface area contributed by atoms with E-state index in [0.717, 1.165) is 28.6 Å². The fourth-order valence-corrected chi connectivity index (χ4v) is 3.14. The summed E-state index contributed by atoms with van der Waals surface area (Å²) in [6.07, 6.45) is 3.89. The number of aromatic nitrogens is 1. The molecule has 1 spiro atoms. The number of ketones is 1. The van der Waals surface area contributed by atoms with Crippen molar-refractivity contribution >= 4 is 21.7 Å². The van der Waals surface area contributed by atoms with Crippen molar-refractivity contribution in [3.63, 3.8) is 0 Å². The standard InChI is InChI=1S/C12H12BrNO2/c13-9-5-8-6-10(15)12(11(8)14-7-9)1-3-16-4-2-12/h5,7H,1-4,6H2. The van der Waals surface area contributed by atoms with Crippen molar-refractivity contribution in [2.45, 2.75) is 24.7 Å². The third kappa shape index (κ3) is 1.36. The lowest BCUT2D eigenvalue weighted by Gasteiger charge is -2.31. The molecule has 1 fully saturated rings. The van der Waals surface area contributed by atoms with Crippen LogP contribution in [0.15, 0.2) is 16.7 Å². The van der Waals surface area contributed by atoms with Crippen molar-refractivity contribution < 1.29 is 9.53 Å². The lowest BCUT2D eigenvalue weighted by atomic mass is 9.77. The highest BCUT2D eigenvalue weighted by Crippen LogP contribution is 2.42. The summed E-state index contributed by atoms with van der Waals surface area (Å²) in [6, 6.07) is 2.02. The average Bonchev–Trinajstić information content (AvgIpc) is 2.53. The summed E-state index contributed by atoms with van der Waals surface area (Å²) in [4.78, 5) is 16.7. The SMILES string of the molecule is O=C1Cc2cc(Br)cnc2C12CCOCC2. The van der Waals surface area contributed by atoms with Gasteiger partial charge in [-0.3, -0.25) is 9.78 Å². The number of carbonyl (C=O) groups is 1. The maximum atomic E-state index is 12.2. The summed E-state index contributed by atoms with van der Waals surface area (Å²) in [5.74, 6) is 0.316. The maximum Gasteiger partial charge on any atom is 0.149 e. The Hall–Kier alpha value is -0.740. The van der Waals surface area contributed by atoms with Crippen molar-refractivity contribution in [2.75, 3.05) is 13.2 Å². The van der Waals surface area contributed by atoms with Crippen LogP contribution in [-0.4, -0.2) is 24.0 Å². The van der Waals surface area contributed by atoms with E-state index in [-0.39, 0.29) is 5.41 Å². The molecule has 16 heavy (non-hydrogen) atoms. The van der Waals surface area contributed by atoms with E-state index in [1.54, 1.807) is 6.20 Å². The number of hydrogen-bond donors (Lipinski definition) is 0. The third-order valence-corrected chi connectivity index (χ3v) is 4.05. The van der Waals surface area contributed by atoms with Gasteiger partial charge >= 0.3 is 0 Å². The van der Waals surface area contributed by atoms with Gasteiger partial charge in [0.25, 0.3) is 0 Å². The Morgan fingerprint density at radius 2 is 2.12 bits per heavy atom. The van der Waals surface area contributed by atoms with Crippen LogP contribution in [0.2, 0.25) is 0 Å². The van der Waals surface area contributed by atoms with E-state index >= 15 is 0 Å². The Balaban J connectivity index is 2.11. The van der Waals surface area contributed by atoms with E-state index in [0.29, 0.717) is 25.4 Å². The number of nitrogens with zero attached hydrogens (tertiary/aromatic N) is 1. The van der Waals surface area contributed by atoms with Crippen molar-refractivity contribution in [3.8, 4) is 0 Å². The van der Waals surface area contributed by atoms with Gasteiger partial charge < -0.3 is 4.74 Å². The van der Waals surface area contributed by atoms with Gasteiger partial charge in [-0.05, 0) is 40.4 Å². The Morgan fingerprint density at radius 1 is 1.38 bits per heavy atom. The molecule has 0 aromatic carbocycles. The molecule has 0 unspecified atom stereocenters. The second kappa shape index (κ2) is 3.64. The molecule has 2 heterocycles. The zero-order chi connectivity index (χ0) is 11.2. The lowest BCUT2D eigenvalue weighted by Crippen LogP contribution is -2.38. The minimum absolute atomic E-state index is 0.316. The Morgan fingerprint density at radius 3 is 2.88 bits per heavy atom. The molecular weight excluding hydrogens is 270 g/mol. The summed E-state index contributed by atoms with van der Waals surface area (Å²) in [5.41, 5.74) is 1.74. The molecule has 2 aliphatic rings. The number of Topliss-reactive ketones (excluding diaryl/α,β-unsaturated/α-hetero) is 1. The number of hydrogen-bond acceptors (Lipinski definition) is 3. The van der Waals surface area contributed by atoms with Crippen molar-refractivity contribution in [1.82, 2.24) is 4.98 Å². The van der Waals surface area contributed by atoms with Gasteiger partial charge in [0.1, 0.15) is 5.78 Å². The molecule has 1 aliphatic heterocycles. The van der Waals surface area contributed by atoms with Gasteiger partial charge in [0.05, 0.1) is 11.1 Å². The number of carbonyl (C=O) groups excluding carboxylic acids is 1. The van der Waals surface area contributed by atoms with Gasteiger partial charge in [-0.1, -0.05) is 0 Å². The number of pyridine rings is 1. The van der Waals surface area contributed by atoms with Crippen LogP contribution >= 0.6 is 15.9 Å².